The Balaban J connectivity index is 1.56. The highest BCUT2D eigenvalue weighted by Crippen LogP contribution is 2.27. The summed E-state index contributed by atoms with van der Waals surface area (Å²) in [5, 5.41) is 4.50. The molecule has 0 N–H and O–H groups in total. The molecule has 1 aliphatic heterocycles. The van der Waals surface area contributed by atoms with E-state index in [0.717, 1.165) is 42.4 Å². The molecule has 4 rings (SSSR count). The third kappa shape index (κ3) is 3.12. The number of benzene rings is 1. The van der Waals surface area contributed by atoms with E-state index < -0.39 is 0 Å². The van der Waals surface area contributed by atoms with Crippen LogP contribution < -0.4 is 4.90 Å². The largest absolute Gasteiger partial charge is 0.346 e. The fourth-order valence-electron chi connectivity index (χ4n) is 3.22. The Hall–Kier alpha value is -2.76. The van der Waals surface area contributed by atoms with Crippen molar-refractivity contribution in [3.05, 3.63) is 70.7 Å². The fourth-order valence-corrected chi connectivity index (χ4v) is 3.22. The standard InChI is InChI=1S/C19H20FN5/c1-3-17-8-19(23-13(2)22-17)24-11-15-9-21-25(18(15)12-24)10-14-4-6-16(20)7-5-14/h4-9H,3,10-12H2,1-2H3. The summed E-state index contributed by atoms with van der Waals surface area (Å²) < 4.78 is 15.1. The lowest BCUT2D eigenvalue weighted by atomic mass is 10.2. The van der Waals surface area contributed by atoms with Gasteiger partial charge in [-0.3, -0.25) is 4.68 Å². The Morgan fingerprint density at radius 1 is 1.12 bits per heavy atom. The molecule has 5 nitrogen and oxygen atoms in total. The van der Waals surface area contributed by atoms with Gasteiger partial charge in [-0.15, -0.1) is 0 Å². The number of nitrogens with zero attached hydrogens (tertiary/aromatic N) is 5. The molecule has 1 aromatic carbocycles. The second kappa shape index (κ2) is 6.27. The summed E-state index contributed by atoms with van der Waals surface area (Å²) in [5.74, 6) is 1.55. The Kier molecular flexibility index (Phi) is 3.95. The first-order chi connectivity index (χ1) is 12.1. The smallest absolute Gasteiger partial charge is 0.133 e. The van der Waals surface area contributed by atoms with Crippen LogP contribution in [0.2, 0.25) is 0 Å². The van der Waals surface area contributed by atoms with Crippen LogP contribution in [-0.4, -0.2) is 19.7 Å². The van der Waals surface area contributed by atoms with Gasteiger partial charge in [-0.25, -0.2) is 14.4 Å². The minimum absolute atomic E-state index is 0.216. The SMILES string of the molecule is CCc1cc(N2Cc3cnn(Cc4ccc(F)cc4)c3C2)nc(C)n1. The first kappa shape index (κ1) is 15.7. The predicted molar refractivity (Wildman–Crippen MR) is 93.8 cm³/mol. The maximum Gasteiger partial charge on any atom is 0.133 e. The van der Waals surface area contributed by atoms with E-state index in [1.165, 1.54) is 23.4 Å². The van der Waals surface area contributed by atoms with E-state index in [2.05, 4.69) is 33.0 Å². The lowest BCUT2D eigenvalue weighted by Gasteiger charge is -2.18. The average molecular weight is 337 g/mol. The van der Waals surface area contributed by atoms with Gasteiger partial charge in [0.1, 0.15) is 17.5 Å². The van der Waals surface area contributed by atoms with Gasteiger partial charge in [0.05, 0.1) is 25.0 Å². The molecule has 0 fully saturated rings. The molecule has 3 aromatic rings. The monoisotopic (exact) mass is 337 g/mol. The van der Waals surface area contributed by atoms with Gasteiger partial charge >= 0.3 is 0 Å². The molecule has 0 unspecified atom stereocenters. The van der Waals surface area contributed by atoms with E-state index in [1.54, 1.807) is 12.1 Å². The van der Waals surface area contributed by atoms with Crippen molar-refractivity contribution in [2.24, 2.45) is 0 Å². The summed E-state index contributed by atoms with van der Waals surface area (Å²) >= 11 is 0. The summed E-state index contributed by atoms with van der Waals surface area (Å²) in [5.41, 5.74) is 4.51. The molecule has 0 radical (unpaired) electrons. The molecule has 128 valence electrons. The van der Waals surface area contributed by atoms with Crippen molar-refractivity contribution in [2.45, 2.75) is 39.9 Å². The van der Waals surface area contributed by atoms with Crippen molar-refractivity contribution in [3.8, 4) is 0 Å². The number of hydrogen-bond donors (Lipinski definition) is 0. The molecule has 0 bridgehead atoms. The summed E-state index contributed by atoms with van der Waals surface area (Å²) in [4.78, 5) is 11.3. The molecule has 3 heterocycles. The van der Waals surface area contributed by atoms with Crippen LogP contribution in [0.5, 0.6) is 0 Å². The van der Waals surface area contributed by atoms with Crippen molar-refractivity contribution in [3.63, 3.8) is 0 Å². The molecule has 6 heteroatoms. The quantitative estimate of drug-likeness (QED) is 0.733. The van der Waals surface area contributed by atoms with Crippen molar-refractivity contribution in [1.29, 1.82) is 0 Å². The first-order valence-corrected chi connectivity index (χ1v) is 8.50. The van der Waals surface area contributed by atoms with Gasteiger partial charge in [0.15, 0.2) is 0 Å². The summed E-state index contributed by atoms with van der Waals surface area (Å²) in [6.07, 6.45) is 2.82. The van der Waals surface area contributed by atoms with Gasteiger partial charge in [-0.05, 0) is 31.0 Å². The van der Waals surface area contributed by atoms with Gasteiger partial charge in [-0.2, -0.15) is 5.10 Å². The summed E-state index contributed by atoms with van der Waals surface area (Å²) in [7, 11) is 0. The molecule has 2 aromatic heterocycles. The zero-order valence-corrected chi connectivity index (χ0v) is 14.4. The number of aryl methyl sites for hydroxylation is 2. The molecule has 25 heavy (non-hydrogen) atoms. The zero-order chi connectivity index (χ0) is 17.4. The van der Waals surface area contributed by atoms with Crippen LogP contribution in [0.4, 0.5) is 10.2 Å². The molecular formula is C19H20FN5. The van der Waals surface area contributed by atoms with Crippen molar-refractivity contribution in [1.82, 2.24) is 19.7 Å². The van der Waals surface area contributed by atoms with Gasteiger partial charge in [0.25, 0.3) is 0 Å². The molecular weight excluding hydrogens is 317 g/mol. The zero-order valence-electron chi connectivity index (χ0n) is 14.4. The van der Waals surface area contributed by atoms with E-state index in [1.807, 2.05) is 17.8 Å². The normalized spacial score (nSPS) is 13.3. The Morgan fingerprint density at radius 2 is 1.92 bits per heavy atom. The molecule has 0 amide bonds. The predicted octanol–water partition coefficient (Wildman–Crippen LogP) is 3.25. The third-order valence-corrected chi connectivity index (χ3v) is 4.55. The number of rotatable bonds is 4. The molecule has 0 atom stereocenters. The van der Waals surface area contributed by atoms with Crippen LogP contribution in [0.15, 0.2) is 36.5 Å². The Morgan fingerprint density at radius 3 is 2.68 bits per heavy atom. The van der Waals surface area contributed by atoms with Gasteiger partial charge in [-0.1, -0.05) is 19.1 Å². The lowest BCUT2D eigenvalue weighted by molar-refractivity contribution is 0.620. The maximum atomic E-state index is 13.1. The van der Waals surface area contributed by atoms with E-state index in [9.17, 15) is 4.39 Å². The first-order valence-electron chi connectivity index (χ1n) is 8.50. The third-order valence-electron chi connectivity index (χ3n) is 4.55. The molecule has 0 aliphatic carbocycles. The molecule has 0 spiro atoms. The average Bonchev–Trinajstić information content (AvgIpc) is 3.18. The highest BCUT2D eigenvalue weighted by atomic mass is 19.1. The number of fused-ring (bicyclic) bond motifs is 1. The van der Waals surface area contributed by atoms with E-state index in [-0.39, 0.29) is 5.82 Å². The molecule has 1 aliphatic rings. The van der Waals surface area contributed by atoms with E-state index >= 15 is 0 Å². The van der Waals surface area contributed by atoms with Crippen molar-refractivity contribution >= 4 is 5.82 Å². The molecule has 0 saturated heterocycles. The topological polar surface area (TPSA) is 46.8 Å². The number of halogens is 1. The minimum Gasteiger partial charge on any atom is -0.346 e. The number of anilines is 1. The number of aromatic nitrogens is 4. The highest BCUT2D eigenvalue weighted by Gasteiger charge is 2.25. The Bertz CT molecular complexity index is 901. The Labute approximate surface area is 146 Å². The second-order valence-electron chi connectivity index (χ2n) is 6.37. The van der Waals surface area contributed by atoms with Gasteiger partial charge in [0.2, 0.25) is 0 Å². The lowest BCUT2D eigenvalue weighted by Crippen LogP contribution is -2.19. The van der Waals surface area contributed by atoms with Crippen LogP contribution in [0.25, 0.3) is 0 Å². The fraction of sp³-hybridized carbons (Fsp3) is 0.316. The summed E-state index contributed by atoms with van der Waals surface area (Å²) in [6.45, 7) is 6.26. The van der Waals surface area contributed by atoms with Gasteiger partial charge in [0, 0.05) is 23.9 Å². The van der Waals surface area contributed by atoms with Crippen LogP contribution in [-0.2, 0) is 26.1 Å². The van der Waals surface area contributed by atoms with E-state index in [0.29, 0.717) is 6.54 Å². The highest BCUT2D eigenvalue weighted by molar-refractivity contribution is 5.46. The van der Waals surface area contributed by atoms with E-state index in [4.69, 9.17) is 0 Å². The van der Waals surface area contributed by atoms with Crippen molar-refractivity contribution < 1.29 is 4.39 Å². The van der Waals surface area contributed by atoms with Crippen LogP contribution in [0.1, 0.15) is 35.3 Å². The minimum atomic E-state index is -0.216. The number of hydrogen-bond acceptors (Lipinski definition) is 4. The maximum absolute atomic E-state index is 13.1. The van der Waals surface area contributed by atoms with Crippen molar-refractivity contribution in [2.75, 3.05) is 4.90 Å². The van der Waals surface area contributed by atoms with Gasteiger partial charge < -0.3 is 4.90 Å². The second-order valence-corrected chi connectivity index (χ2v) is 6.37. The van der Waals surface area contributed by atoms with Crippen LogP contribution in [0.3, 0.4) is 0 Å². The molecule has 0 saturated carbocycles. The van der Waals surface area contributed by atoms with Crippen LogP contribution >= 0.6 is 0 Å². The summed E-state index contributed by atoms with van der Waals surface area (Å²) in [6, 6.07) is 8.65. The van der Waals surface area contributed by atoms with Crippen LogP contribution in [0, 0.1) is 12.7 Å².